The van der Waals surface area contributed by atoms with Gasteiger partial charge in [-0.25, -0.2) is 8.78 Å². The van der Waals surface area contributed by atoms with Gasteiger partial charge in [0.2, 0.25) is 5.91 Å². The fourth-order valence-electron chi connectivity index (χ4n) is 3.76. The third-order valence-corrected chi connectivity index (χ3v) is 5.52. The average Bonchev–Trinajstić information content (AvgIpc) is 3.25. The van der Waals surface area contributed by atoms with Gasteiger partial charge in [0.15, 0.2) is 0 Å². The molecule has 0 bridgehead atoms. The summed E-state index contributed by atoms with van der Waals surface area (Å²) >= 11 is 0. The van der Waals surface area contributed by atoms with Gasteiger partial charge < -0.3 is 19.9 Å². The van der Waals surface area contributed by atoms with E-state index < -0.39 is 35.3 Å². The van der Waals surface area contributed by atoms with Crippen LogP contribution in [0.3, 0.4) is 0 Å². The molecule has 1 aromatic carbocycles. The molecule has 164 valence electrons. The number of benzene rings is 1. The van der Waals surface area contributed by atoms with Gasteiger partial charge in [0.05, 0.1) is 0 Å². The second-order valence-corrected chi connectivity index (χ2v) is 7.94. The fourth-order valence-corrected chi connectivity index (χ4v) is 3.76. The van der Waals surface area contributed by atoms with Crippen LogP contribution in [0.1, 0.15) is 37.0 Å². The largest absolute Gasteiger partial charge is 0.368 e. The van der Waals surface area contributed by atoms with Gasteiger partial charge in [-0.05, 0) is 30.9 Å². The average molecular weight is 423 g/mol. The summed E-state index contributed by atoms with van der Waals surface area (Å²) < 4.78 is 33.3. The summed E-state index contributed by atoms with van der Waals surface area (Å²) in [7, 11) is 0. The maximum Gasteiger partial charge on any atom is 0.257 e. The molecule has 2 aliphatic heterocycles. The topological polar surface area (TPSA) is 79.0 Å². The van der Waals surface area contributed by atoms with E-state index >= 15 is 0 Å². The van der Waals surface area contributed by atoms with Crippen molar-refractivity contribution in [2.24, 2.45) is 5.92 Å². The smallest absolute Gasteiger partial charge is 0.257 e. The molecule has 3 amide bonds. The second-order valence-electron chi connectivity index (χ2n) is 7.94. The van der Waals surface area contributed by atoms with Gasteiger partial charge in [-0.15, -0.1) is 0 Å². The Morgan fingerprint density at radius 2 is 1.67 bits per heavy atom. The molecule has 30 heavy (non-hydrogen) atoms. The molecule has 0 radical (unpaired) electrons. The number of ether oxygens (including phenoxy) is 1. The lowest BCUT2D eigenvalue weighted by molar-refractivity contribution is -0.146. The van der Waals surface area contributed by atoms with Gasteiger partial charge in [-0.3, -0.25) is 14.4 Å². The molecule has 3 rings (SSSR count). The molecule has 0 unspecified atom stereocenters. The van der Waals surface area contributed by atoms with E-state index in [0.29, 0.717) is 39.2 Å². The van der Waals surface area contributed by atoms with Crippen molar-refractivity contribution >= 4 is 17.7 Å². The standard InChI is InChI=1S/C21H27F2N3O4/c1-13(2)18(24-19(27)17-14(22)5-3-6-15(17)23)21(29)26-10-8-25(9-11-26)20(28)16-7-4-12-30-16/h3,5-6,13,16,18H,4,7-12H2,1-2H3,(H,24,27)/t16-,18+/m0/s1. The van der Waals surface area contributed by atoms with Crippen molar-refractivity contribution in [1.82, 2.24) is 15.1 Å². The zero-order valence-corrected chi connectivity index (χ0v) is 17.2. The Labute approximate surface area is 174 Å². The summed E-state index contributed by atoms with van der Waals surface area (Å²) in [6.07, 6.45) is 1.19. The monoisotopic (exact) mass is 423 g/mol. The molecule has 0 aliphatic carbocycles. The van der Waals surface area contributed by atoms with Crippen molar-refractivity contribution in [3.05, 3.63) is 35.4 Å². The highest BCUT2D eigenvalue weighted by atomic mass is 19.1. The van der Waals surface area contributed by atoms with Gasteiger partial charge in [0.1, 0.15) is 29.3 Å². The Morgan fingerprint density at radius 3 is 2.20 bits per heavy atom. The van der Waals surface area contributed by atoms with Crippen LogP contribution < -0.4 is 5.32 Å². The van der Waals surface area contributed by atoms with Crippen molar-refractivity contribution in [3.63, 3.8) is 0 Å². The molecule has 0 saturated carbocycles. The molecule has 0 aromatic heterocycles. The summed E-state index contributed by atoms with van der Waals surface area (Å²) in [4.78, 5) is 41.2. The van der Waals surface area contributed by atoms with Crippen LogP contribution in [0.15, 0.2) is 18.2 Å². The molecule has 1 N–H and O–H groups in total. The molecule has 7 nitrogen and oxygen atoms in total. The van der Waals surface area contributed by atoms with E-state index in [1.807, 2.05) is 0 Å². The Balaban J connectivity index is 1.62. The Morgan fingerprint density at radius 1 is 1.07 bits per heavy atom. The molecular weight excluding hydrogens is 396 g/mol. The van der Waals surface area contributed by atoms with Crippen LogP contribution in [0, 0.1) is 17.6 Å². The number of hydrogen-bond acceptors (Lipinski definition) is 4. The lowest BCUT2D eigenvalue weighted by atomic mass is 10.0. The van der Waals surface area contributed by atoms with E-state index in [2.05, 4.69) is 5.32 Å². The van der Waals surface area contributed by atoms with Crippen molar-refractivity contribution < 1.29 is 27.9 Å². The Hall–Kier alpha value is -2.55. The summed E-state index contributed by atoms with van der Waals surface area (Å²) in [5.41, 5.74) is -0.706. The molecule has 9 heteroatoms. The first-order valence-electron chi connectivity index (χ1n) is 10.2. The number of amides is 3. The SMILES string of the molecule is CC(C)[C@@H](NC(=O)c1c(F)cccc1F)C(=O)N1CCN(C(=O)[C@@H]2CCCO2)CC1. The third-order valence-electron chi connectivity index (χ3n) is 5.52. The van der Waals surface area contributed by atoms with Crippen LogP contribution in [-0.4, -0.2) is 72.5 Å². The maximum atomic E-state index is 13.9. The lowest BCUT2D eigenvalue weighted by Crippen LogP contribution is -2.58. The van der Waals surface area contributed by atoms with Gasteiger partial charge in [0, 0.05) is 32.8 Å². The fraction of sp³-hybridized carbons (Fsp3) is 0.571. The van der Waals surface area contributed by atoms with Crippen molar-refractivity contribution in [1.29, 1.82) is 0 Å². The summed E-state index contributed by atoms with van der Waals surface area (Å²) in [5.74, 6) is -3.61. The molecule has 2 atom stereocenters. The minimum Gasteiger partial charge on any atom is -0.368 e. The number of carbonyl (C=O) groups excluding carboxylic acids is 3. The van der Waals surface area contributed by atoms with Crippen LogP contribution in [0.2, 0.25) is 0 Å². The number of piperazine rings is 1. The van der Waals surface area contributed by atoms with Crippen molar-refractivity contribution in [2.75, 3.05) is 32.8 Å². The van der Waals surface area contributed by atoms with Crippen LogP contribution in [0.25, 0.3) is 0 Å². The van der Waals surface area contributed by atoms with Crippen LogP contribution in [-0.2, 0) is 14.3 Å². The third kappa shape index (κ3) is 4.77. The highest BCUT2D eigenvalue weighted by Crippen LogP contribution is 2.18. The van der Waals surface area contributed by atoms with E-state index in [1.54, 1.807) is 23.6 Å². The first-order chi connectivity index (χ1) is 14.3. The van der Waals surface area contributed by atoms with E-state index in [1.165, 1.54) is 6.07 Å². The minimum absolute atomic E-state index is 0.0525. The van der Waals surface area contributed by atoms with Gasteiger partial charge in [-0.1, -0.05) is 19.9 Å². The zero-order chi connectivity index (χ0) is 21.8. The Bertz CT molecular complexity index is 783. The summed E-state index contributed by atoms with van der Waals surface area (Å²) in [5, 5.41) is 2.48. The van der Waals surface area contributed by atoms with E-state index in [0.717, 1.165) is 18.6 Å². The van der Waals surface area contributed by atoms with E-state index in [4.69, 9.17) is 4.74 Å². The quantitative estimate of drug-likeness (QED) is 0.780. The van der Waals surface area contributed by atoms with E-state index in [-0.39, 0.29) is 17.7 Å². The second kappa shape index (κ2) is 9.51. The number of hydrogen-bond donors (Lipinski definition) is 1. The summed E-state index contributed by atoms with van der Waals surface area (Å²) in [6.45, 7) is 5.49. The van der Waals surface area contributed by atoms with Gasteiger partial charge in [0.25, 0.3) is 11.8 Å². The molecule has 2 fully saturated rings. The maximum absolute atomic E-state index is 13.9. The zero-order valence-electron chi connectivity index (χ0n) is 17.2. The number of rotatable bonds is 5. The van der Waals surface area contributed by atoms with Gasteiger partial charge in [-0.2, -0.15) is 0 Å². The molecule has 2 saturated heterocycles. The molecule has 0 spiro atoms. The van der Waals surface area contributed by atoms with Gasteiger partial charge >= 0.3 is 0 Å². The molecular formula is C21H27F2N3O4. The van der Waals surface area contributed by atoms with E-state index in [9.17, 15) is 23.2 Å². The van der Waals surface area contributed by atoms with Crippen LogP contribution in [0.5, 0.6) is 0 Å². The first-order valence-corrected chi connectivity index (χ1v) is 10.2. The van der Waals surface area contributed by atoms with Crippen molar-refractivity contribution in [3.8, 4) is 0 Å². The van der Waals surface area contributed by atoms with Crippen molar-refractivity contribution in [2.45, 2.75) is 38.8 Å². The molecule has 2 heterocycles. The number of nitrogens with zero attached hydrogens (tertiary/aromatic N) is 2. The number of nitrogens with one attached hydrogen (secondary N) is 1. The molecule has 1 aromatic rings. The minimum atomic E-state index is -0.983. The summed E-state index contributed by atoms with van der Waals surface area (Å²) in [6, 6.07) is 2.23. The highest BCUT2D eigenvalue weighted by molar-refractivity contribution is 5.98. The predicted molar refractivity (Wildman–Crippen MR) is 105 cm³/mol. The highest BCUT2D eigenvalue weighted by Gasteiger charge is 2.35. The first kappa shape index (κ1) is 22.1. The number of carbonyl (C=O) groups is 3. The van der Waals surface area contributed by atoms with Crippen LogP contribution >= 0.6 is 0 Å². The lowest BCUT2D eigenvalue weighted by Gasteiger charge is -2.38. The predicted octanol–water partition coefficient (Wildman–Crippen LogP) is 1.57. The molecule has 2 aliphatic rings. The normalized spacial score (nSPS) is 20.4. The van der Waals surface area contributed by atoms with Crippen LogP contribution in [0.4, 0.5) is 8.78 Å². The Kier molecular flexibility index (Phi) is 7.02. The number of halogens is 2.